The van der Waals surface area contributed by atoms with Crippen molar-refractivity contribution >= 4 is 17.5 Å². The Labute approximate surface area is 112 Å². The zero-order chi connectivity index (χ0) is 14.4. The van der Waals surface area contributed by atoms with Crippen LogP contribution in [0, 0.1) is 0 Å². The minimum atomic E-state index is -0.616. The summed E-state index contributed by atoms with van der Waals surface area (Å²) in [6.07, 6.45) is 0. The molecule has 0 spiro atoms. The molecule has 0 saturated carbocycles. The molecule has 2 N–H and O–H groups in total. The Hall–Kier alpha value is -2.24. The molecule has 1 aromatic rings. The predicted octanol–water partition coefficient (Wildman–Crippen LogP) is 1.17. The minimum absolute atomic E-state index is 0.258. The lowest BCUT2D eigenvalue weighted by molar-refractivity contribution is -0.124. The number of rotatable bonds is 5. The van der Waals surface area contributed by atoms with E-state index in [1.807, 2.05) is 0 Å². The number of nitrogens with one attached hydrogen (secondary N) is 2. The van der Waals surface area contributed by atoms with Gasteiger partial charge in [-0.3, -0.25) is 9.59 Å². The molecule has 1 rings (SSSR count). The fraction of sp³-hybridized carbons (Fsp3) is 0.385. The van der Waals surface area contributed by atoms with Crippen LogP contribution in [0.15, 0.2) is 18.2 Å². The summed E-state index contributed by atoms with van der Waals surface area (Å²) >= 11 is 0. The van der Waals surface area contributed by atoms with E-state index < -0.39 is 6.04 Å². The quantitative estimate of drug-likeness (QED) is 0.838. The van der Waals surface area contributed by atoms with Crippen molar-refractivity contribution in [3.8, 4) is 11.5 Å². The van der Waals surface area contributed by atoms with E-state index in [9.17, 15) is 9.59 Å². The summed E-state index contributed by atoms with van der Waals surface area (Å²) in [5, 5.41) is 5.19. The molecular weight excluding hydrogens is 248 g/mol. The lowest BCUT2D eigenvalue weighted by Gasteiger charge is -2.14. The molecule has 0 aliphatic carbocycles. The lowest BCUT2D eigenvalue weighted by atomic mass is 10.2. The number of methoxy groups -OCH3 is 2. The maximum atomic E-state index is 11.8. The molecule has 0 heterocycles. The van der Waals surface area contributed by atoms with Gasteiger partial charge in [-0.15, -0.1) is 0 Å². The van der Waals surface area contributed by atoms with Gasteiger partial charge in [0.2, 0.25) is 11.8 Å². The zero-order valence-electron chi connectivity index (χ0n) is 11.4. The average molecular weight is 266 g/mol. The highest BCUT2D eigenvalue weighted by Gasteiger charge is 2.14. The molecule has 0 saturated heterocycles. The normalized spacial score (nSPS) is 11.4. The monoisotopic (exact) mass is 266 g/mol. The van der Waals surface area contributed by atoms with E-state index in [2.05, 4.69) is 10.6 Å². The molecule has 19 heavy (non-hydrogen) atoms. The third kappa shape index (κ3) is 4.50. The van der Waals surface area contributed by atoms with Crippen molar-refractivity contribution in [2.24, 2.45) is 0 Å². The molecule has 104 valence electrons. The topological polar surface area (TPSA) is 76.7 Å². The molecule has 1 aromatic carbocycles. The van der Waals surface area contributed by atoms with Crippen LogP contribution in [0.5, 0.6) is 11.5 Å². The van der Waals surface area contributed by atoms with Gasteiger partial charge in [-0.2, -0.15) is 0 Å². The van der Waals surface area contributed by atoms with Crippen molar-refractivity contribution in [1.82, 2.24) is 5.32 Å². The molecule has 6 nitrogen and oxygen atoms in total. The van der Waals surface area contributed by atoms with Crippen LogP contribution in [0.1, 0.15) is 13.8 Å². The first-order valence-corrected chi connectivity index (χ1v) is 5.77. The summed E-state index contributed by atoms with van der Waals surface area (Å²) in [5.74, 6) is 0.569. The zero-order valence-corrected chi connectivity index (χ0v) is 11.4. The number of carbonyl (C=O) groups is 2. The van der Waals surface area contributed by atoms with Crippen LogP contribution >= 0.6 is 0 Å². The molecule has 0 bridgehead atoms. The third-order valence-electron chi connectivity index (χ3n) is 2.43. The maximum absolute atomic E-state index is 11.8. The number of ether oxygens (including phenoxy) is 2. The number of anilines is 1. The van der Waals surface area contributed by atoms with Gasteiger partial charge in [0.1, 0.15) is 17.5 Å². The second kappa shape index (κ2) is 6.63. The molecule has 1 unspecified atom stereocenters. The van der Waals surface area contributed by atoms with Crippen molar-refractivity contribution in [2.45, 2.75) is 19.9 Å². The average Bonchev–Trinajstić information content (AvgIpc) is 2.37. The van der Waals surface area contributed by atoms with Crippen LogP contribution in [0.3, 0.4) is 0 Å². The highest BCUT2D eigenvalue weighted by atomic mass is 16.5. The van der Waals surface area contributed by atoms with E-state index in [1.165, 1.54) is 21.1 Å². The van der Waals surface area contributed by atoms with Crippen LogP contribution in [-0.2, 0) is 9.59 Å². The molecule has 0 aromatic heterocycles. The van der Waals surface area contributed by atoms with Gasteiger partial charge in [-0.25, -0.2) is 0 Å². The standard InChI is InChI=1S/C13H18N2O4/c1-8(14-9(2)16)13(17)15-10-5-11(18-3)7-12(6-10)19-4/h5-8H,1-4H3,(H,14,16)(H,15,17). The molecule has 0 aliphatic heterocycles. The number of amides is 2. The lowest BCUT2D eigenvalue weighted by Crippen LogP contribution is -2.40. The first kappa shape index (κ1) is 14.8. The highest BCUT2D eigenvalue weighted by Crippen LogP contribution is 2.25. The summed E-state index contributed by atoms with van der Waals surface area (Å²) in [5.41, 5.74) is 0.540. The van der Waals surface area contributed by atoms with Gasteiger partial charge in [-0.1, -0.05) is 0 Å². The first-order valence-electron chi connectivity index (χ1n) is 5.77. The molecular formula is C13H18N2O4. The second-order valence-electron chi connectivity index (χ2n) is 4.01. The van der Waals surface area contributed by atoms with Crippen LogP contribution in [0.2, 0.25) is 0 Å². The van der Waals surface area contributed by atoms with Crippen molar-refractivity contribution in [1.29, 1.82) is 0 Å². The van der Waals surface area contributed by atoms with Crippen molar-refractivity contribution in [3.05, 3.63) is 18.2 Å². The number of hydrogen-bond acceptors (Lipinski definition) is 4. The second-order valence-corrected chi connectivity index (χ2v) is 4.01. The number of benzene rings is 1. The first-order chi connectivity index (χ1) is 8.96. The SMILES string of the molecule is COc1cc(NC(=O)C(C)NC(C)=O)cc(OC)c1. The largest absolute Gasteiger partial charge is 0.497 e. The van der Waals surface area contributed by atoms with E-state index >= 15 is 0 Å². The third-order valence-corrected chi connectivity index (χ3v) is 2.43. The fourth-order valence-electron chi connectivity index (χ4n) is 1.50. The van der Waals surface area contributed by atoms with Crippen LogP contribution in [0.4, 0.5) is 5.69 Å². The highest BCUT2D eigenvalue weighted by molar-refractivity contribution is 5.96. The van der Waals surface area contributed by atoms with E-state index in [0.717, 1.165) is 0 Å². The summed E-state index contributed by atoms with van der Waals surface area (Å²) < 4.78 is 10.2. The Bertz CT molecular complexity index is 451. The van der Waals surface area contributed by atoms with Gasteiger partial charge in [0, 0.05) is 30.8 Å². The predicted molar refractivity (Wildman–Crippen MR) is 71.5 cm³/mol. The van der Waals surface area contributed by atoms with Gasteiger partial charge in [0.05, 0.1) is 14.2 Å². The van der Waals surface area contributed by atoms with E-state index in [1.54, 1.807) is 25.1 Å². The summed E-state index contributed by atoms with van der Waals surface area (Å²) in [6, 6.07) is 4.42. The molecule has 1 atom stereocenters. The molecule has 0 aliphatic rings. The fourth-order valence-corrected chi connectivity index (χ4v) is 1.50. The van der Waals surface area contributed by atoms with Crippen LogP contribution in [0.25, 0.3) is 0 Å². The van der Waals surface area contributed by atoms with Gasteiger partial charge in [0.25, 0.3) is 0 Å². The Morgan fingerprint density at radius 2 is 1.63 bits per heavy atom. The smallest absolute Gasteiger partial charge is 0.246 e. The maximum Gasteiger partial charge on any atom is 0.246 e. The van der Waals surface area contributed by atoms with Gasteiger partial charge >= 0.3 is 0 Å². The van der Waals surface area contributed by atoms with Gasteiger partial charge in [-0.05, 0) is 6.92 Å². The Morgan fingerprint density at radius 1 is 1.11 bits per heavy atom. The number of carbonyl (C=O) groups excluding carboxylic acids is 2. The number of hydrogen-bond donors (Lipinski definition) is 2. The van der Waals surface area contributed by atoms with E-state index in [4.69, 9.17) is 9.47 Å². The van der Waals surface area contributed by atoms with E-state index in [-0.39, 0.29) is 11.8 Å². The minimum Gasteiger partial charge on any atom is -0.497 e. The molecule has 6 heteroatoms. The molecule has 2 amide bonds. The Balaban J connectivity index is 2.80. The van der Waals surface area contributed by atoms with Crippen LogP contribution in [-0.4, -0.2) is 32.1 Å². The summed E-state index contributed by atoms with van der Waals surface area (Å²) in [4.78, 5) is 22.7. The Kier molecular flexibility index (Phi) is 5.17. The Morgan fingerprint density at radius 3 is 2.05 bits per heavy atom. The summed E-state index contributed by atoms with van der Waals surface area (Å²) in [7, 11) is 3.06. The van der Waals surface area contributed by atoms with Crippen LogP contribution < -0.4 is 20.1 Å². The van der Waals surface area contributed by atoms with E-state index in [0.29, 0.717) is 17.2 Å². The summed E-state index contributed by atoms with van der Waals surface area (Å²) in [6.45, 7) is 2.96. The molecule has 0 fully saturated rings. The van der Waals surface area contributed by atoms with Crippen molar-refractivity contribution in [3.63, 3.8) is 0 Å². The van der Waals surface area contributed by atoms with Crippen molar-refractivity contribution in [2.75, 3.05) is 19.5 Å². The van der Waals surface area contributed by atoms with Gasteiger partial charge < -0.3 is 20.1 Å². The van der Waals surface area contributed by atoms with Crippen molar-refractivity contribution < 1.29 is 19.1 Å². The van der Waals surface area contributed by atoms with Gasteiger partial charge in [0.15, 0.2) is 0 Å². The molecule has 0 radical (unpaired) electrons.